The highest BCUT2D eigenvalue weighted by Gasteiger charge is 2.32. The predicted octanol–water partition coefficient (Wildman–Crippen LogP) is 21.5. The number of halogens is 9. The number of fused-ring (bicyclic) bond motifs is 3. The Kier molecular flexibility index (Phi) is 35.5. The van der Waals surface area contributed by atoms with Crippen molar-refractivity contribution in [2.75, 3.05) is 94.5 Å². The van der Waals surface area contributed by atoms with Gasteiger partial charge in [0.2, 0.25) is 0 Å². The lowest BCUT2D eigenvalue weighted by Crippen LogP contribution is -2.25. The molecule has 0 radical (unpaired) electrons. The van der Waals surface area contributed by atoms with E-state index in [-0.39, 0.29) is 66.6 Å². The number of aromatic nitrogens is 9. The maximum atomic E-state index is 13.7. The lowest BCUT2D eigenvalue weighted by Gasteiger charge is -2.25. The number of aromatic carboxylic acids is 1. The molecule has 9 heterocycles. The summed E-state index contributed by atoms with van der Waals surface area (Å²) in [5, 5.41) is 33.9. The van der Waals surface area contributed by atoms with Crippen LogP contribution in [0.2, 0.25) is 20.1 Å². The Bertz CT molecular complexity index is 5980. The third-order valence-electron chi connectivity index (χ3n) is 21.2. The normalized spacial score (nSPS) is 16.1. The maximum absolute atomic E-state index is 13.7. The van der Waals surface area contributed by atoms with E-state index < -0.39 is 17.9 Å². The Hall–Kier alpha value is -9.00. The number of hydrogen-bond acceptors (Lipinski definition) is 20. The number of methoxy groups -OCH3 is 4. The zero-order valence-electron chi connectivity index (χ0n) is 70.0. The molecule has 0 bridgehead atoms. The molecule has 670 valence electrons. The fraction of sp³-hybridized carbons (Fsp3) is 0.341. The Labute approximate surface area is 794 Å². The number of ether oxygens (including phenoxy) is 10. The topological polar surface area (TPSA) is 303 Å². The van der Waals surface area contributed by atoms with E-state index in [1.807, 2.05) is 99.0 Å². The first-order valence-corrected chi connectivity index (χ1v) is 46.2. The molecular formula is C91H91Br5Cl4N10O17. The Morgan fingerprint density at radius 1 is 0.465 bits per heavy atom. The molecule has 4 unspecified atom stereocenters. The van der Waals surface area contributed by atoms with Crippen LogP contribution in [0.15, 0.2) is 179 Å². The number of amides is 1. The number of esters is 2. The second-order valence-electron chi connectivity index (χ2n) is 29.4. The molecule has 4 aliphatic heterocycles. The number of carbonyl (C=O) groups excluding carboxylic acids is 4. The molecule has 27 nitrogen and oxygen atoms in total. The van der Waals surface area contributed by atoms with Gasteiger partial charge in [-0.1, -0.05) is 144 Å². The summed E-state index contributed by atoms with van der Waals surface area (Å²) in [6.07, 6.45) is 13.5. The molecule has 1 amide bonds. The number of carbonyl (C=O) groups is 5. The molecule has 7 aromatic carbocycles. The summed E-state index contributed by atoms with van der Waals surface area (Å²) in [5.41, 5.74) is 8.77. The first-order valence-electron chi connectivity index (χ1n) is 40.7. The van der Waals surface area contributed by atoms with Gasteiger partial charge in [0.15, 0.2) is 5.78 Å². The van der Waals surface area contributed by atoms with Crippen LogP contribution in [0.25, 0.3) is 55.6 Å². The van der Waals surface area contributed by atoms with E-state index in [1.165, 1.54) is 6.20 Å². The summed E-state index contributed by atoms with van der Waals surface area (Å²) >= 11 is 42.2. The molecule has 0 aliphatic carbocycles. The summed E-state index contributed by atoms with van der Waals surface area (Å²) in [6, 6.07) is 38.9. The zero-order chi connectivity index (χ0) is 90.5. The molecule has 16 rings (SSSR count). The van der Waals surface area contributed by atoms with Crippen molar-refractivity contribution >= 4 is 177 Å². The van der Waals surface area contributed by atoms with E-state index in [1.54, 1.807) is 113 Å². The third kappa shape index (κ3) is 24.2. The third-order valence-corrected chi connectivity index (χ3v) is 24.9. The minimum Gasteiger partial charge on any atom is -0.497 e. The minimum absolute atomic E-state index is 0.0246. The summed E-state index contributed by atoms with van der Waals surface area (Å²) in [6.45, 7) is 9.98. The molecule has 0 spiro atoms. The number of carboxylic acid groups (broad SMARTS) is 1. The van der Waals surface area contributed by atoms with E-state index in [0.717, 1.165) is 139 Å². The second kappa shape index (κ2) is 46.5. The molecule has 5 aromatic heterocycles. The van der Waals surface area contributed by atoms with Crippen LogP contribution in [-0.4, -0.2) is 173 Å². The minimum atomic E-state index is -1.02. The molecule has 4 aliphatic rings. The van der Waals surface area contributed by atoms with Crippen molar-refractivity contribution in [2.45, 2.75) is 109 Å². The highest BCUT2D eigenvalue weighted by molar-refractivity contribution is 9.11. The summed E-state index contributed by atoms with van der Waals surface area (Å²) in [5.74, 6) is 0.177. The zero-order valence-corrected chi connectivity index (χ0v) is 81.0. The number of nitrogens with zero attached hydrogens (tertiary/aromatic N) is 9. The van der Waals surface area contributed by atoms with Crippen molar-refractivity contribution < 1.29 is 76.4 Å². The number of Topliss-reactive ketones (excluding diaryl/α,β-unsaturated/α-hetero) is 1. The van der Waals surface area contributed by atoms with Gasteiger partial charge in [-0.2, -0.15) is 20.4 Å². The monoisotopic (exact) mass is 2130 g/mol. The molecule has 2 N–H and O–H groups in total. The van der Waals surface area contributed by atoms with Crippen LogP contribution >= 0.6 is 126 Å². The van der Waals surface area contributed by atoms with Gasteiger partial charge in [0.25, 0.3) is 11.5 Å². The van der Waals surface area contributed by atoms with Gasteiger partial charge in [-0.05, 0) is 162 Å². The Morgan fingerprint density at radius 2 is 0.882 bits per heavy atom. The van der Waals surface area contributed by atoms with Crippen molar-refractivity contribution in [1.29, 1.82) is 0 Å². The average molecular weight is 2140 g/mol. The average Bonchev–Trinajstić information content (AvgIpc) is 1.64. The first-order chi connectivity index (χ1) is 61.3. The molecule has 0 saturated carbocycles. The van der Waals surface area contributed by atoms with Gasteiger partial charge in [0.1, 0.15) is 40.5 Å². The number of ketones is 1. The molecular weight excluding hydrogens is 2050 g/mol. The van der Waals surface area contributed by atoms with Crippen LogP contribution in [0, 0.1) is 0 Å². The van der Waals surface area contributed by atoms with Crippen molar-refractivity contribution in [3.63, 3.8) is 0 Å². The predicted molar refractivity (Wildman–Crippen MR) is 504 cm³/mol. The number of pyridine rings is 1. The van der Waals surface area contributed by atoms with Crippen molar-refractivity contribution in [2.24, 2.45) is 0 Å². The summed E-state index contributed by atoms with van der Waals surface area (Å²) in [7, 11) is 6.42. The first kappa shape index (κ1) is 97.1. The molecule has 127 heavy (non-hydrogen) atoms. The van der Waals surface area contributed by atoms with E-state index in [0.29, 0.717) is 127 Å². The van der Waals surface area contributed by atoms with Crippen molar-refractivity contribution in [3.8, 4) is 56.8 Å². The smallest absolute Gasteiger partial charge is 0.341 e. The van der Waals surface area contributed by atoms with E-state index in [9.17, 15) is 33.9 Å². The fourth-order valence-corrected chi connectivity index (χ4v) is 18.5. The quantitative estimate of drug-likeness (QED) is 0.0341. The van der Waals surface area contributed by atoms with Crippen LogP contribution in [0.3, 0.4) is 0 Å². The van der Waals surface area contributed by atoms with Crippen LogP contribution in [-0.2, 0) is 46.3 Å². The lowest BCUT2D eigenvalue weighted by atomic mass is 10.0. The number of benzene rings is 7. The lowest BCUT2D eigenvalue weighted by molar-refractivity contribution is -0.142. The molecule has 4 saturated heterocycles. The number of rotatable bonds is 23. The van der Waals surface area contributed by atoms with Gasteiger partial charge in [-0.3, -0.25) is 37.9 Å². The van der Waals surface area contributed by atoms with E-state index >= 15 is 0 Å². The van der Waals surface area contributed by atoms with Crippen molar-refractivity contribution in [3.05, 3.63) is 238 Å². The highest BCUT2D eigenvalue weighted by Crippen LogP contribution is 2.42. The van der Waals surface area contributed by atoms with Crippen LogP contribution in [0.5, 0.6) is 23.0 Å². The van der Waals surface area contributed by atoms with Crippen LogP contribution < -0.4 is 29.8 Å². The molecule has 12 aromatic rings. The Morgan fingerprint density at radius 3 is 1.33 bits per heavy atom. The largest absolute Gasteiger partial charge is 0.497 e. The van der Waals surface area contributed by atoms with Crippen molar-refractivity contribution in [1.82, 2.24) is 49.0 Å². The Balaban J connectivity index is 0.000000147. The summed E-state index contributed by atoms with van der Waals surface area (Å²) in [4.78, 5) is 73.6. The van der Waals surface area contributed by atoms with Gasteiger partial charge in [0.05, 0.1) is 183 Å². The fourth-order valence-electron chi connectivity index (χ4n) is 15.1. The number of nitrogens with one attached hydrogen (secondary N) is 1. The molecule has 4 fully saturated rings. The standard InChI is InChI=1S/C24H25BrClN3O4.C24H24BrN3O4.C17H18BrClN2O3.C15H14BrClN2O3.C11H10BrClO3/c1-31-18-7-5-15(22(11-18)32-2)12-27-24(30)20-13-28-29(17-4-3-9-33-14-17)23(20)19-8-6-16(25)10-21(19)26;1-30-18-7-5-15(22(11-18)31-2)13-27-21-10-16(25)6-8-19(21)23-20(24(27)29)12-26-28(23)17-4-3-9-32-14-17;1-2-24-17(22)14-9-20-21(12-4-3-7-23-10-12)16(14)13-6-5-11(18)8-15(13)19;16-9-3-4-11(13(17)6-9)14-12(15(20)21)7-18-19(14)10-2-1-5-22-8-10;1-2-16-11(15)6-10(14)8-4-3-7(12)5-9(8)13/h5-8,10-11,13,17H,3-4,9,12,14H2,1-2H3,(H,27,30);5-8,10-12,17H,3-4,9,13-14H2,1-2H3;5-6,8-9,12H,2-4,7,10H2,1H3;3-4,6-7,10H,1-2,5,8H2,(H,20,21);3-5H,2,6H2,1H3. The van der Waals surface area contributed by atoms with E-state index in [2.05, 4.69) is 110 Å². The summed E-state index contributed by atoms with van der Waals surface area (Å²) < 4.78 is 67.4. The second-order valence-corrected chi connectivity index (χ2v) is 35.6. The van der Waals surface area contributed by atoms with Gasteiger partial charge >= 0.3 is 17.9 Å². The van der Waals surface area contributed by atoms with Gasteiger partial charge < -0.3 is 62.4 Å². The molecule has 4 atom stereocenters. The van der Waals surface area contributed by atoms with Crippen LogP contribution in [0.1, 0.15) is 148 Å². The number of carboxylic acids is 1. The SMILES string of the molecule is CCOC(=O)CC(=O)c1ccc(Br)cc1Cl.CCOC(=O)c1cnn(C2CCCOC2)c1-c1ccc(Br)cc1Cl.COc1ccc(CNC(=O)c2cnn(C3CCCOC3)c2-c2ccc(Br)cc2Cl)c(OC)c1.COc1ccc(Cn2c(=O)c3cnn(C4CCCOC4)c3c3ccc(Br)cc32)c(OC)c1.O=C(O)c1cnn(C2CCCOC2)c1-c1ccc(Br)cc1Cl. The highest BCUT2D eigenvalue weighted by atomic mass is 79.9. The van der Waals surface area contributed by atoms with Gasteiger partial charge in [-0.15, -0.1) is 0 Å². The molecule has 36 heteroatoms. The van der Waals surface area contributed by atoms with Gasteiger partial charge in [-0.25, -0.2) is 9.59 Å². The van der Waals surface area contributed by atoms with Gasteiger partial charge in [0, 0.05) is 106 Å². The van der Waals surface area contributed by atoms with E-state index in [4.69, 9.17) is 89.0 Å². The number of hydrogen-bond donors (Lipinski definition) is 2. The maximum Gasteiger partial charge on any atom is 0.341 e. The van der Waals surface area contributed by atoms with Crippen LogP contribution in [0.4, 0.5) is 0 Å².